The average Bonchev–Trinajstić information content (AvgIpc) is 2.75. The summed E-state index contributed by atoms with van der Waals surface area (Å²) < 4.78 is 11.4. The van der Waals surface area contributed by atoms with Crippen LogP contribution in [0.3, 0.4) is 0 Å². The lowest BCUT2D eigenvalue weighted by molar-refractivity contribution is 0.0734. The highest BCUT2D eigenvalue weighted by Crippen LogP contribution is 2.17. The molecule has 0 atom stereocenters. The molecule has 0 aliphatic rings. The van der Waals surface area contributed by atoms with Crippen molar-refractivity contribution in [3.8, 4) is 11.5 Å². The largest absolute Gasteiger partial charge is 0.496 e. The van der Waals surface area contributed by atoms with Crippen LogP contribution < -0.4 is 14.9 Å². The fraction of sp³-hybridized carbons (Fsp3) is 0.0455. The first-order valence-electron chi connectivity index (χ1n) is 8.61. The number of nitrogens with zero attached hydrogens (tertiary/aromatic N) is 1. The van der Waals surface area contributed by atoms with Gasteiger partial charge in [-0.05, 0) is 66.2 Å². The van der Waals surface area contributed by atoms with Gasteiger partial charge in [-0.3, -0.25) is 4.79 Å². The molecule has 0 spiro atoms. The molecular formula is C22H17BrN2O4. The third-order valence-corrected chi connectivity index (χ3v) is 4.43. The molecule has 3 aromatic carbocycles. The topological polar surface area (TPSA) is 77.0 Å². The summed E-state index contributed by atoms with van der Waals surface area (Å²) in [7, 11) is 1.50. The van der Waals surface area contributed by atoms with Gasteiger partial charge in [-0.1, -0.05) is 28.1 Å². The van der Waals surface area contributed by atoms with E-state index in [1.165, 1.54) is 13.3 Å². The van der Waals surface area contributed by atoms with Crippen molar-refractivity contribution in [1.82, 2.24) is 5.43 Å². The van der Waals surface area contributed by atoms with E-state index < -0.39 is 5.97 Å². The number of ether oxygens (including phenoxy) is 2. The van der Waals surface area contributed by atoms with Crippen LogP contribution in [0.25, 0.3) is 0 Å². The van der Waals surface area contributed by atoms with E-state index in [-0.39, 0.29) is 5.91 Å². The number of nitrogens with one attached hydrogen (secondary N) is 1. The summed E-state index contributed by atoms with van der Waals surface area (Å²) in [5.74, 6) is 0.0620. The van der Waals surface area contributed by atoms with Crippen LogP contribution >= 0.6 is 15.9 Å². The number of amides is 1. The predicted molar refractivity (Wildman–Crippen MR) is 114 cm³/mol. The van der Waals surface area contributed by atoms with Gasteiger partial charge in [0.25, 0.3) is 5.91 Å². The fourth-order valence-electron chi connectivity index (χ4n) is 2.43. The number of carbonyl (C=O) groups excluding carboxylic acids is 2. The zero-order chi connectivity index (χ0) is 20.6. The lowest BCUT2D eigenvalue weighted by atomic mass is 10.2. The number of hydrogen-bond donors (Lipinski definition) is 1. The van der Waals surface area contributed by atoms with E-state index in [1.807, 2.05) is 0 Å². The van der Waals surface area contributed by atoms with Crippen LogP contribution in [-0.2, 0) is 0 Å². The molecule has 0 unspecified atom stereocenters. The molecule has 3 aromatic rings. The van der Waals surface area contributed by atoms with E-state index in [4.69, 9.17) is 9.47 Å². The highest BCUT2D eigenvalue weighted by molar-refractivity contribution is 9.10. The van der Waals surface area contributed by atoms with Crippen molar-refractivity contribution in [3.63, 3.8) is 0 Å². The first-order valence-corrected chi connectivity index (χ1v) is 9.40. The number of rotatable bonds is 6. The highest BCUT2D eigenvalue weighted by atomic mass is 79.9. The minimum atomic E-state index is -0.442. The molecule has 0 heterocycles. The van der Waals surface area contributed by atoms with E-state index in [0.717, 1.165) is 10.0 Å². The highest BCUT2D eigenvalue weighted by Gasteiger charge is 2.10. The van der Waals surface area contributed by atoms with Gasteiger partial charge in [-0.2, -0.15) is 5.10 Å². The standard InChI is InChI=1S/C22H17BrN2O4/c1-28-20-5-3-2-4-19(20)21(26)25-24-14-15-6-12-18(13-7-15)29-22(27)16-8-10-17(23)11-9-16/h2-14H,1H3,(H,25,26)/b24-14+. The molecule has 0 saturated heterocycles. The molecular weight excluding hydrogens is 436 g/mol. The molecule has 3 rings (SSSR count). The smallest absolute Gasteiger partial charge is 0.343 e. The van der Waals surface area contributed by atoms with Crippen LogP contribution in [0.1, 0.15) is 26.3 Å². The summed E-state index contributed by atoms with van der Waals surface area (Å²) in [6.07, 6.45) is 1.49. The Balaban J connectivity index is 1.58. The number of carbonyl (C=O) groups is 2. The number of benzene rings is 3. The van der Waals surface area contributed by atoms with Gasteiger partial charge in [0, 0.05) is 4.47 Å². The van der Waals surface area contributed by atoms with E-state index in [2.05, 4.69) is 26.5 Å². The van der Waals surface area contributed by atoms with E-state index in [1.54, 1.807) is 72.8 Å². The number of hydrazone groups is 1. The van der Waals surface area contributed by atoms with Crippen molar-refractivity contribution in [2.24, 2.45) is 5.10 Å². The molecule has 29 heavy (non-hydrogen) atoms. The summed E-state index contributed by atoms with van der Waals surface area (Å²) in [5, 5.41) is 3.95. The van der Waals surface area contributed by atoms with E-state index in [9.17, 15) is 9.59 Å². The summed E-state index contributed by atoms with van der Waals surface area (Å²) in [6.45, 7) is 0. The quantitative estimate of drug-likeness (QED) is 0.259. The van der Waals surface area contributed by atoms with Gasteiger partial charge < -0.3 is 9.47 Å². The molecule has 1 amide bonds. The van der Waals surface area contributed by atoms with Crippen LogP contribution in [0.15, 0.2) is 82.4 Å². The molecule has 0 radical (unpaired) electrons. The predicted octanol–water partition coefficient (Wildman–Crippen LogP) is 4.44. The second-order valence-corrected chi connectivity index (χ2v) is 6.78. The van der Waals surface area contributed by atoms with Gasteiger partial charge in [0.05, 0.1) is 24.5 Å². The second-order valence-electron chi connectivity index (χ2n) is 5.86. The lowest BCUT2D eigenvalue weighted by Gasteiger charge is -2.06. The van der Waals surface area contributed by atoms with Crippen molar-refractivity contribution < 1.29 is 19.1 Å². The lowest BCUT2D eigenvalue weighted by Crippen LogP contribution is -2.18. The van der Waals surface area contributed by atoms with Gasteiger partial charge in [0.15, 0.2) is 0 Å². The van der Waals surface area contributed by atoms with Crippen molar-refractivity contribution in [2.75, 3.05) is 7.11 Å². The molecule has 1 N–H and O–H groups in total. The number of para-hydroxylation sites is 1. The number of halogens is 1. The van der Waals surface area contributed by atoms with Crippen molar-refractivity contribution >= 4 is 34.0 Å². The zero-order valence-electron chi connectivity index (χ0n) is 15.5. The Morgan fingerprint density at radius 1 is 0.966 bits per heavy atom. The van der Waals surface area contributed by atoms with Crippen molar-refractivity contribution in [3.05, 3.63) is 94.0 Å². The van der Waals surface area contributed by atoms with Crippen molar-refractivity contribution in [2.45, 2.75) is 0 Å². The van der Waals surface area contributed by atoms with E-state index >= 15 is 0 Å². The minimum absolute atomic E-state index is 0.376. The molecule has 7 heteroatoms. The van der Waals surface area contributed by atoms with Gasteiger partial charge in [0.2, 0.25) is 0 Å². The first kappa shape index (κ1) is 20.3. The molecule has 0 aromatic heterocycles. The Labute approximate surface area is 176 Å². The van der Waals surface area contributed by atoms with Crippen LogP contribution in [-0.4, -0.2) is 25.2 Å². The van der Waals surface area contributed by atoms with E-state index in [0.29, 0.717) is 22.6 Å². The number of methoxy groups -OCH3 is 1. The Morgan fingerprint density at radius 3 is 2.34 bits per heavy atom. The Kier molecular flexibility index (Phi) is 6.76. The second kappa shape index (κ2) is 9.66. The fourth-order valence-corrected chi connectivity index (χ4v) is 2.70. The average molecular weight is 453 g/mol. The van der Waals surface area contributed by atoms with Crippen LogP contribution in [0.4, 0.5) is 0 Å². The molecule has 6 nitrogen and oxygen atoms in total. The van der Waals surface area contributed by atoms with Crippen LogP contribution in [0.5, 0.6) is 11.5 Å². The molecule has 0 saturated carbocycles. The number of hydrogen-bond acceptors (Lipinski definition) is 5. The normalized spacial score (nSPS) is 10.6. The Hall–Kier alpha value is -3.45. The molecule has 0 aliphatic carbocycles. The molecule has 0 bridgehead atoms. The summed E-state index contributed by atoms with van der Waals surface area (Å²) in [4.78, 5) is 24.3. The van der Waals surface area contributed by atoms with Gasteiger partial charge in [0.1, 0.15) is 11.5 Å². The van der Waals surface area contributed by atoms with Crippen LogP contribution in [0.2, 0.25) is 0 Å². The zero-order valence-corrected chi connectivity index (χ0v) is 17.0. The Bertz CT molecular complexity index is 1030. The van der Waals surface area contributed by atoms with Gasteiger partial charge >= 0.3 is 5.97 Å². The third-order valence-electron chi connectivity index (χ3n) is 3.90. The molecule has 0 aliphatic heterocycles. The number of esters is 1. The van der Waals surface area contributed by atoms with Gasteiger partial charge in [-0.15, -0.1) is 0 Å². The summed E-state index contributed by atoms with van der Waals surface area (Å²) in [6, 6.07) is 20.5. The monoisotopic (exact) mass is 452 g/mol. The summed E-state index contributed by atoms with van der Waals surface area (Å²) in [5.41, 5.74) is 4.03. The third kappa shape index (κ3) is 5.52. The van der Waals surface area contributed by atoms with Gasteiger partial charge in [-0.25, -0.2) is 10.2 Å². The Morgan fingerprint density at radius 2 is 1.66 bits per heavy atom. The maximum absolute atomic E-state index is 12.2. The minimum Gasteiger partial charge on any atom is -0.496 e. The molecule has 0 fully saturated rings. The summed E-state index contributed by atoms with van der Waals surface area (Å²) >= 11 is 3.32. The maximum Gasteiger partial charge on any atom is 0.343 e. The molecule has 146 valence electrons. The first-order chi connectivity index (χ1) is 14.1. The van der Waals surface area contributed by atoms with Crippen LogP contribution in [0, 0.1) is 0 Å². The maximum atomic E-state index is 12.2. The van der Waals surface area contributed by atoms with Crippen molar-refractivity contribution in [1.29, 1.82) is 0 Å². The SMILES string of the molecule is COc1ccccc1C(=O)N/N=C/c1ccc(OC(=O)c2ccc(Br)cc2)cc1.